The fraction of sp³-hybridized carbons (Fsp3) is 0.474. The molecule has 1 heterocycles. The SMILES string of the molecule is Cc1n[nH]c(C)c1CCCOc1cc(C(=O)NCCN(C)C)ccc1F. The van der Waals surface area contributed by atoms with E-state index in [1.165, 1.54) is 23.8 Å². The lowest BCUT2D eigenvalue weighted by Crippen LogP contribution is -2.31. The maximum atomic E-state index is 13.9. The number of aromatic amines is 1. The molecule has 0 spiro atoms. The first-order valence-corrected chi connectivity index (χ1v) is 8.74. The Morgan fingerprint density at radius 1 is 1.35 bits per heavy atom. The van der Waals surface area contributed by atoms with Crippen LogP contribution in [0, 0.1) is 19.7 Å². The maximum absolute atomic E-state index is 13.9. The Morgan fingerprint density at radius 3 is 2.77 bits per heavy atom. The van der Waals surface area contributed by atoms with Gasteiger partial charge in [0.25, 0.3) is 5.91 Å². The van der Waals surface area contributed by atoms with Crippen molar-refractivity contribution in [2.24, 2.45) is 0 Å². The van der Waals surface area contributed by atoms with Gasteiger partial charge in [-0.05, 0) is 64.5 Å². The molecule has 6 nitrogen and oxygen atoms in total. The molecule has 1 amide bonds. The standard InChI is InChI=1S/C19H27FN4O2/c1-13-16(14(2)23-22-13)6-5-11-26-18-12-15(7-8-17(18)20)19(25)21-9-10-24(3)4/h7-8,12H,5-6,9-11H2,1-4H3,(H,21,25)(H,22,23). The van der Waals surface area contributed by atoms with Crippen LogP contribution in [0.25, 0.3) is 0 Å². The van der Waals surface area contributed by atoms with Gasteiger partial charge in [0, 0.05) is 24.3 Å². The molecule has 0 saturated carbocycles. The summed E-state index contributed by atoms with van der Waals surface area (Å²) in [6.45, 7) is 5.57. The van der Waals surface area contributed by atoms with Crippen molar-refractivity contribution in [3.63, 3.8) is 0 Å². The van der Waals surface area contributed by atoms with E-state index in [0.717, 1.165) is 30.8 Å². The van der Waals surface area contributed by atoms with E-state index in [2.05, 4.69) is 15.5 Å². The molecular formula is C19H27FN4O2. The van der Waals surface area contributed by atoms with Crippen molar-refractivity contribution < 1.29 is 13.9 Å². The van der Waals surface area contributed by atoms with Gasteiger partial charge in [0.2, 0.25) is 0 Å². The summed E-state index contributed by atoms with van der Waals surface area (Å²) in [5.41, 5.74) is 3.58. The van der Waals surface area contributed by atoms with Crippen molar-refractivity contribution in [3.8, 4) is 5.75 Å². The number of rotatable bonds is 9. The number of carbonyl (C=O) groups is 1. The molecule has 7 heteroatoms. The monoisotopic (exact) mass is 362 g/mol. The Bertz CT molecular complexity index is 724. The lowest BCUT2D eigenvalue weighted by atomic mass is 10.1. The van der Waals surface area contributed by atoms with Gasteiger partial charge in [0.15, 0.2) is 11.6 Å². The van der Waals surface area contributed by atoms with E-state index in [-0.39, 0.29) is 11.7 Å². The van der Waals surface area contributed by atoms with E-state index >= 15 is 0 Å². The Balaban J connectivity index is 1.87. The van der Waals surface area contributed by atoms with Crippen LogP contribution in [0.15, 0.2) is 18.2 Å². The molecule has 2 N–H and O–H groups in total. The number of nitrogens with one attached hydrogen (secondary N) is 2. The number of hydrogen-bond acceptors (Lipinski definition) is 4. The first kappa shape index (κ1) is 19.9. The molecule has 0 aliphatic heterocycles. The van der Waals surface area contributed by atoms with Gasteiger partial charge in [-0.3, -0.25) is 9.89 Å². The van der Waals surface area contributed by atoms with Gasteiger partial charge in [-0.25, -0.2) is 4.39 Å². The number of amides is 1. The lowest BCUT2D eigenvalue weighted by molar-refractivity contribution is 0.0950. The molecule has 1 aromatic heterocycles. The zero-order chi connectivity index (χ0) is 19.1. The van der Waals surface area contributed by atoms with Crippen molar-refractivity contribution in [2.75, 3.05) is 33.8 Å². The fourth-order valence-electron chi connectivity index (χ4n) is 2.62. The molecule has 0 radical (unpaired) electrons. The minimum absolute atomic E-state index is 0.103. The van der Waals surface area contributed by atoms with Crippen LogP contribution >= 0.6 is 0 Å². The topological polar surface area (TPSA) is 70.2 Å². The van der Waals surface area contributed by atoms with Crippen LogP contribution in [0.2, 0.25) is 0 Å². The van der Waals surface area contributed by atoms with Crippen LogP contribution in [-0.2, 0) is 6.42 Å². The van der Waals surface area contributed by atoms with Crippen molar-refractivity contribution in [1.29, 1.82) is 0 Å². The molecule has 0 fully saturated rings. The molecule has 0 atom stereocenters. The van der Waals surface area contributed by atoms with E-state index in [9.17, 15) is 9.18 Å². The van der Waals surface area contributed by atoms with Crippen LogP contribution in [-0.4, -0.2) is 54.8 Å². The van der Waals surface area contributed by atoms with Gasteiger partial charge in [-0.2, -0.15) is 5.10 Å². The Kier molecular flexibility index (Phi) is 7.15. The Hall–Kier alpha value is -2.41. The Morgan fingerprint density at radius 2 is 2.12 bits per heavy atom. The minimum Gasteiger partial charge on any atom is -0.490 e. The first-order chi connectivity index (χ1) is 12.4. The molecule has 0 aliphatic carbocycles. The highest BCUT2D eigenvalue weighted by molar-refractivity contribution is 5.94. The lowest BCUT2D eigenvalue weighted by Gasteiger charge is -2.12. The largest absolute Gasteiger partial charge is 0.490 e. The number of aromatic nitrogens is 2. The second kappa shape index (κ2) is 9.33. The van der Waals surface area contributed by atoms with Crippen molar-refractivity contribution in [2.45, 2.75) is 26.7 Å². The normalized spacial score (nSPS) is 11.0. The summed E-state index contributed by atoms with van der Waals surface area (Å²) in [4.78, 5) is 14.1. The predicted octanol–water partition coefficient (Wildman–Crippen LogP) is 2.47. The number of carbonyl (C=O) groups excluding carboxylic acids is 1. The highest BCUT2D eigenvalue weighted by Crippen LogP contribution is 2.20. The van der Waals surface area contributed by atoms with Gasteiger partial charge in [0.05, 0.1) is 12.3 Å². The summed E-state index contributed by atoms with van der Waals surface area (Å²) in [5, 5.41) is 9.92. The maximum Gasteiger partial charge on any atom is 0.251 e. The van der Waals surface area contributed by atoms with Gasteiger partial charge < -0.3 is 15.0 Å². The average Bonchev–Trinajstić information content (AvgIpc) is 2.91. The van der Waals surface area contributed by atoms with E-state index in [1.807, 2.05) is 32.8 Å². The molecule has 26 heavy (non-hydrogen) atoms. The molecule has 0 unspecified atom stereocenters. The number of hydrogen-bond donors (Lipinski definition) is 2. The molecule has 2 aromatic rings. The smallest absolute Gasteiger partial charge is 0.251 e. The quantitative estimate of drug-likeness (QED) is 0.673. The molecular weight excluding hydrogens is 335 g/mol. The van der Waals surface area contributed by atoms with Crippen molar-refractivity contribution in [1.82, 2.24) is 20.4 Å². The highest BCUT2D eigenvalue weighted by atomic mass is 19.1. The minimum atomic E-state index is -0.467. The van der Waals surface area contributed by atoms with Crippen LogP contribution in [0.3, 0.4) is 0 Å². The number of halogens is 1. The zero-order valence-corrected chi connectivity index (χ0v) is 15.9. The highest BCUT2D eigenvalue weighted by Gasteiger charge is 2.11. The number of ether oxygens (including phenoxy) is 1. The summed E-state index contributed by atoms with van der Waals surface area (Å²) >= 11 is 0. The third kappa shape index (κ3) is 5.56. The van der Waals surface area contributed by atoms with Crippen molar-refractivity contribution in [3.05, 3.63) is 46.5 Å². The number of benzene rings is 1. The average molecular weight is 362 g/mol. The summed E-state index contributed by atoms with van der Waals surface area (Å²) in [7, 11) is 3.87. The molecule has 0 saturated heterocycles. The third-order valence-electron chi connectivity index (χ3n) is 4.15. The second-order valence-electron chi connectivity index (χ2n) is 6.57. The molecule has 0 aliphatic rings. The summed E-state index contributed by atoms with van der Waals surface area (Å²) in [5.74, 6) is -0.599. The molecule has 2 rings (SSSR count). The summed E-state index contributed by atoms with van der Waals surface area (Å²) in [6, 6.07) is 4.18. The zero-order valence-electron chi connectivity index (χ0n) is 15.9. The van der Waals surface area contributed by atoms with Crippen LogP contribution in [0.4, 0.5) is 4.39 Å². The number of nitrogens with zero attached hydrogens (tertiary/aromatic N) is 2. The third-order valence-corrected chi connectivity index (χ3v) is 4.15. The number of aryl methyl sites for hydroxylation is 2. The van der Waals surface area contributed by atoms with E-state index < -0.39 is 5.82 Å². The van der Waals surface area contributed by atoms with Crippen LogP contribution in [0.1, 0.15) is 33.7 Å². The van der Waals surface area contributed by atoms with E-state index in [0.29, 0.717) is 18.7 Å². The van der Waals surface area contributed by atoms with E-state index in [4.69, 9.17) is 4.74 Å². The van der Waals surface area contributed by atoms with E-state index in [1.54, 1.807) is 0 Å². The number of H-pyrrole nitrogens is 1. The van der Waals surface area contributed by atoms with Crippen LogP contribution < -0.4 is 10.1 Å². The number of likely N-dealkylation sites (N-methyl/N-ethyl adjacent to an activating group) is 1. The van der Waals surface area contributed by atoms with Gasteiger partial charge in [0.1, 0.15) is 0 Å². The van der Waals surface area contributed by atoms with Gasteiger partial charge >= 0.3 is 0 Å². The fourth-order valence-corrected chi connectivity index (χ4v) is 2.62. The van der Waals surface area contributed by atoms with Crippen molar-refractivity contribution >= 4 is 5.91 Å². The molecule has 1 aromatic carbocycles. The molecule has 142 valence electrons. The predicted molar refractivity (Wildman–Crippen MR) is 99.2 cm³/mol. The van der Waals surface area contributed by atoms with Gasteiger partial charge in [-0.15, -0.1) is 0 Å². The van der Waals surface area contributed by atoms with Gasteiger partial charge in [-0.1, -0.05) is 0 Å². The first-order valence-electron chi connectivity index (χ1n) is 8.74. The second-order valence-corrected chi connectivity index (χ2v) is 6.57. The molecule has 0 bridgehead atoms. The summed E-state index contributed by atoms with van der Waals surface area (Å²) < 4.78 is 19.5. The Labute approximate surface area is 153 Å². The summed E-state index contributed by atoms with van der Waals surface area (Å²) in [6.07, 6.45) is 1.54. The van der Waals surface area contributed by atoms with Crippen LogP contribution in [0.5, 0.6) is 5.75 Å².